The fourth-order valence-corrected chi connectivity index (χ4v) is 4.15. The third kappa shape index (κ3) is 4.46. The number of benzene rings is 1. The van der Waals surface area contributed by atoms with Crippen LogP contribution in [0.25, 0.3) is 11.1 Å². The summed E-state index contributed by atoms with van der Waals surface area (Å²) in [5.74, 6) is 0. The molecule has 2 aliphatic rings. The lowest BCUT2D eigenvalue weighted by molar-refractivity contribution is 0.172. The van der Waals surface area contributed by atoms with Crippen LogP contribution < -0.4 is 0 Å². The molecule has 0 unspecified atom stereocenters. The van der Waals surface area contributed by atoms with Crippen molar-refractivity contribution in [3.8, 4) is 11.1 Å². The number of nitrogens with zero attached hydrogens (tertiary/aromatic N) is 3. The predicted octanol–water partition coefficient (Wildman–Crippen LogP) is 5.86. The van der Waals surface area contributed by atoms with Gasteiger partial charge in [0.1, 0.15) is 0 Å². The Bertz CT molecular complexity index is 773. The lowest BCUT2D eigenvalue weighted by atomic mass is 10.1. The average Bonchev–Trinajstić information content (AvgIpc) is 3.29. The summed E-state index contributed by atoms with van der Waals surface area (Å²) in [6.45, 7) is 15.5. The molecule has 2 aromatic rings. The van der Waals surface area contributed by atoms with Crippen LogP contribution in [0.15, 0.2) is 73.2 Å². The molecule has 1 saturated heterocycles. The first kappa shape index (κ1) is 20.2. The zero-order valence-corrected chi connectivity index (χ0v) is 17.4. The number of hydrogen-bond acceptors (Lipinski definition) is 3. The van der Waals surface area contributed by atoms with Crippen molar-refractivity contribution in [2.24, 2.45) is 0 Å². The smallest absolute Gasteiger partial charge is 0.0603 e. The molecular formula is C25H33N3. The summed E-state index contributed by atoms with van der Waals surface area (Å²) >= 11 is 0. The summed E-state index contributed by atoms with van der Waals surface area (Å²) in [6, 6.07) is 15.3. The van der Waals surface area contributed by atoms with Gasteiger partial charge in [-0.3, -0.25) is 4.98 Å². The minimum absolute atomic E-state index is 0.671. The number of aromatic nitrogens is 1. The Morgan fingerprint density at radius 1 is 0.893 bits per heavy atom. The molecule has 3 heteroatoms. The molecule has 0 amide bonds. The van der Waals surface area contributed by atoms with E-state index >= 15 is 0 Å². The Morgan fingerprint density at radius 3 is 2.25 bits per heavy atom. The molecule has 1 aliphatic carbocycles. The minimum atomic E-state index is 0.671. The molecule has 1 aliphatic heterocycles. The van der Waals surface area contributed by atoms with Crippen LogP contribution in [0.3, 0.4) is 0 Å². The second-order valence-electron chi connectivity index (χ2n) is 7.35. The van der Waals surface area contributed by atoms with Gasteiger partial charge in [-0.1, -0.05) is 76.2 Å². The summed E-state index contributed by atoms with van der Waals surface area (Å²) in [7, 11) is 0. The Hall–Kier alpha value is -2.55. The average molecular weight is 376 g/mol. The first-order chi connectivity index (χ1) is 13.7. The highest BCUT2D eigenvalue weighted by Gasteiger charge is 2.29. The highest BCUT2D eigenvalue weighted by atomic mass is 15.3. The molecule has 0 atom stereocenters. The number of pyridine rings is 1. The topological polar surface area (TPSA) is 19.4 Å². The Balaban J connectivity index is 0.00000109. The monoisotopic (exact) mass is 375 g/mol. The van der Waals surface area contributed by atoms with Gasteiger partial charge >= 0.3 is 0 Å². The maximum atomic E-state index is 4.68. The standard InChI is InChI=1S/C23H27N3.C2H6/c1-18-19(2)26(23-10-6-7-11-23)15-14-25(18)17-22-13-12-21(16-24-22)20-8-4-3-5-9-20;1-2/h3-5,8-9,12-13,16,23H,1-2,6-7,10-11,14-15,17H2;1-2H3. The van der Waals surface area contributed by atoms with Crippen LogP contribution in [0.2, 0.25) is 0 Å². The second-order valence-corrected chi connectivity index (χ2v) is 7.35. The lowest BCUT2D eigenvalue weighted by Gasteiger charge is -2.43. The van der Waals surface area contributed by atoms with Crippen molar-refractivity contribution < 1.29 is 0 Å². The lowest BCUT2D eigenvalue weighted by Crippen LogP contribution is -2.45. The van der Waals surface area contributed by atoms with Gasteiger partial charge in [-0.15, -0.1) is 0 Å². The van der Waals surface area contributed by atoms with E-state index in [-0.39, 0.29) is 0 Å². The van der Waals surface area contributed by atoms with Gasteiger partial charge in [0, 0.05) is 30.9 Å². The number of hydrogen-bond donors (Lipinski definition) is 0. The van der Waals surface area contributed by atoms with Gasteiger partial charge in [0.05, 0.1) is 23.6 Å². The van der Waals surface area contributed by atoms with Crippen molar-refractivity contribution in [1.29, 1.82) is 0 Å². The molecule has 2 heterocycles. The van der Waals surface area contributed by atoms with E-state index in [1.165, 1.54) is 31.2 Å². The molecule has 0 spiro atoms. The molecule has 4 rings (SSSR count). The molecule has 148 valence electrons. The van der Waals surface area contributed by atoms with E-state index in [1.54, 1.807) is 0 Å². The van der Waals surface area contributed by atoms with E-state index in [0.717, 1.165) is 42.3 Å². The van der Waals surface area contributed by atoms with E-state index in [0.29, 0.717) is 6.04 Å². The largest absolute Gasteiger partial charge is 0.366 e. The zero-order valence-electron chi connectivity index (χ0n) is 17.4. The number of rotatable bonds is 4. The first-order valence-corrected chi connectivity index (χ1v) is 10.6. The van der Waals surface area contributed by atoms with Crippen molar-refractivity contribution in [3.05, 3.63) is 78.9 Å². The van der Waals surface area contributed by atoms with E-state index < -0.39 is 0 Å². The van der Waals surface area contributed by atoms with Crippen molar-refractivity contribution >= 4 is 0 Å². The van der Waals surface area contributed by atoms with Crippen LogP contribution in [0.1, 0.15) is 45.2 Å². The van der Waals surface area contributed by atoms with Gasteiger partial charge in [-0.2, -0.15) is 0 Å². The Labute approximate surface area is 170 Å². The van der Waals surface area contributed by atoms with Crippen LogP contribution in [0.4, 0.5) is 0 Å². The minimum Gasteiger partial charge on any atom is -0.366 e. The van der Waals surface area contributed by atoms with Gasteiger partial charge in [0.2, 0.25) is 0 Å². The van der Waals surface area contributed by atoms with E-state index in [4.69, 9.17) is 0 Å². The Morgan fingerprint density at radius 2 is 1.61 bits per heavy atom. The Kier molecular flexibility index (Phi) is 6.91. The predicted molar refractivity (Wildman–Crippen MR) is 119 cm³/mol. The highest BCUT2D eigenvalue weighted by molar-refractivity contribution is 5.62. The third-order valence-corrected chi connectivity index (χ3v) is 5.72. The van der Waals surface area contributed by atoms with Crippen molar-refractivity contribution in [3.63, 3.8) is 0 Å². The summed E-state index contributed by atoms with van der Waals surface area (Å²) in [4.78, 5) is 9.48. The van der Waals surface area contributed by atoms with Crippen molar-refractivity contribution in [2.45, 2.75) is 52.1 Å². The van der Waals surface area contributed by atoms with Crippen LogP contribution in [-0.2, 0) is 6.54 Å². The fourth-order valence-electron chi connectivity index (χ4n) is 4.15. The molecule has 1 aromatic carbocycles. The normalized spacial score (nSPS) is 17.5. The number of piperazine rings is 1. The molecule has 0 N–H and O–H groups in total. The van der Waals surface area contributed by atoms with Crippen LogP contribution in [0, 0.1) is 0 Å². The maximum absolute atomic E-state index is 4.68. The summed E-state index contributed by atoms with van der Waals surface area (Å²) < 4.78 is 0. The molecule has 28 heavy (non-hydrogen) atoms. The van der Waals surface area contributed by atoms with Gasteiger partial charge < -0.3 is 9.80 Å². The molecule has 0 radical (unpaired) electrons. The van der Waals surface area contributed by atoms with Crippen molar-refractivity contribution in [2.75, 3.05) is 13.1 Å². The summed E-state index contributed by atoms with van der Waals surface area (Å²) in [6.07, 6.45) is 7.27. The van der Waals surface area contributed by atoms with Gasteiger partial charge in [-0.25, -0.2) is 0 Å². The molecule has 1 aromatic heterocycles. The fraction of sp³-hybridized carbons (Fsp3) is 0.400. The quantitative estimate of drug-likeness (QED) is 0.667. The molecular weight excluding hydrogens is 342 g/mol. The van der Waals surface area contributed by atoms with Gasteiger partial charge in [0.15, 0.2) is 0 Å². The third-order valence-electron chi connectivity index (χ3n) is 5.72. The molecule has 2 fully saturated rings. The first-order valence-electron chi connectivity index (χ1n) is 10.6. The second kappa shape index (κ2) is 9.59. The molecule has 1 saturated carbocycles. The summed E-state index contributed by atoms with van der Waals surface area (Å²) in [5.41, 5.74) is 5.59. The van der Waals surface area contributed by atoms with Crippen LogP contribution in [-0.4, -0.2) is 33.9 Å². The van der Waals surface area contributed by atoms with E-state index in [9.17, 15) is 0 Å². The van der Waals surface area contributed by atoms with E-state index in [2.05, 4.69) is 64.3 Å². The van der Waals surface area contributed by atoms with E-state index in [1.807, 2.05) is 26.1 Å². The maximum Gasteiger partial charge on any atom is 0.0603 e. The summed E-state index contributed by atoms with van der Waals surface area (Å²) in [5, 5.41) is 0. The van der Waals surface area contributed by atoms with Crippen LogP contribution in [0.5, 0.6) is 0 Å². The molecule has 0 bridgehead atoms. The van der Waals surface area contributed by atoms with Crippen LogP contribution >= 0.6 is 0 Å². The zero-order chi connectivity index (χ0) is 19.9. The van der Waals surface area contributed by atoms with Gasteiger partial charge in [-0.05, 0) is 24.5 Å². The van der Waals surface area contributed by atoms with Crippen molar-refractivity contribution in [1.82, 2.24) is 14.8 Å². The SMILES string of the molecule is C=C1C(=C)N(C2CCCC2)CCN1Cc1ccc(-c2ccccc2)cn1.CC. The van der Waals surface area contributed by atoms with Gasteiger partial charge in [0.25, 0.3) is 0 Å². The molecule has 3 nitrogen and oxygen atoms in total. The highest BCUT2D eigenvalue weighted by Crippen LogP contribution is 2.32.